The quantitative estimate of drug-likeness (QED) is 0.789. The third kappa shape index (κ3) is 2.46. The number of ether oxygens (including phenoxy) is 1. The molecular formula is C14H21ClN4O. The number of fused-ring (bicyclic) bond motifs is 1. The molecule has 0 N–H and O–H groups in total. The molecule has 0 saturated carbocycles. The minimum atomic E-state index is -0.194. The molecule has 0 aliphatic carbocycles. The van der Waals surface area contributed by atoms with E-state index in [4.69, 9.17) is 16.3 Å². The highest BCUT2D eigenvalue weighted by atomic mass is 35.5. The van der Waals surface area contributed by atoms with E-state index in [9.17, 15) is 0 Å². The number of hydrogen-bond acceptors (Lipinski definition) is 4. The third-order valence-corrected chi connectivity index (χ3v) is 4.09. The van der Waals surface area contributed by atoms with E-state index >= 15 is 0 Å². The van der Waals surface area contributed by atoms with Crippen molar-refractivity contribution in [2.75, 3.05) is 7.11 Å². The first kappa shape index (κ1) is 15.0. The summed E-state index contributed by atoms with van der Waals surface area (Å²) in [5, 5.41) is -0.194. The molecule has 0 amide bonds. The van der Waals surface area contributed by atoms with Crippen molar-refractivity contribution in [3.63, 3.8) is 0 Å². The van der Waals surface area contributed by atoms with E-state index in [1.54, 1.807) is 7.11 Å². The average molecular weight is 297 g/mol. The Hall–Kier alpha value is -1.36. The number of imidazole rings is 1. The summed E-state index contributed by atoms with van der Waals surface area (Å²) in [4.78, 5) is 13.1. The Morgan fingerprint density at radius 2 is 2.00 bits per heavy atom. The fraction of sp³-hybridized carbons (Fsp3) is 0.643. The standard InChI is InChI=1S/C14H21ClN4O/c1-6-8(2)10(4)19-12(9(3)15)18-11-13(19)16-7-17-14(11)20-5/h7-10H,6H2,1-5H3. The van der Waals surface area contributed by atoms with Gasteiger partial charge in [-0.1, -0.05) is 20.3 Å². The summed E-state index contributed by atoms with van der Waals surface area (Å²) in [6, 6.07) is 0.265. The zero-order chi connectivity index (χ0) is 14.9. The zero-order valence-corrected chi connectivity index (χ0v) is 13.3. The molecule has 0 saturated heterocycles. The van der Waals surface area contributed by atoms with Crippen molar-refractivity contribution in [2.45, 2.75) is 45.5 Å². The molecule has 2 rings (SSSR count). The largest absolute Gasteiger partial charge is 0.479 e. The van der Waals surface area contributed by atoms with Crippen molar-refractivity contribution in [1.29, 1.82) is 0 Å². The lowest BCUT2D eigenvalue weighted by Gasteiger charge is -2.23. The van der Waals surface area contributed by atoms with Crippen LogP contribution in [0, 0.1) is 5.92 Å². The SMILES string of the molecule is CCC(C)C(C)n1c(C(C)Cl)nc2c(OC)ncnc21. The lowest BCUT2D eigenvalue weighted by atomic mass is 10.0. The maximum absolute atomic E-state index is 6.29. The Morgan fingerprint density at radius 3 is 2.55 bits per heavy atom. The zero-order valence-electron chi connectivity index (χ0n) is 12.6. The number of methoxy groups -OCH3 is 1. The minimum absolute atomic E-state index is 0.194. The topological polar surface area (TPSA) is 52.8 Å². The lowest BCUT2D eigenvalue weighted by molar-refractivity contribution is 0.367. The number of aromatic nitrogens is 4. The van der Waals surface area contributed by atoms with E-state index in [2.05, 4.69) is 40.3 Å². The van der Waals surface area contributed by atoms with Gasteiger partial charge in [0.15, 0.2) is 11.2 Å². The fourth-order valence-corrected chi connectivity index (χ4v) is 2.49. The highest BCUT2D eigenvalue weighted by Gasteiger charge is 2.24. The summed E-state index contributed by atoms with van der Waals surface area (Å²) in [6.07, 6.45) is 2.59. The van der Waals surface area contributed by atoms with Crippen LogP contribution >= 0.6 is 11.6 Å². The van der Waals surface area contributed by atoms with Crippen LogP contribution in [0.1, 0.15) is 51.4 Å². The van der Waals surface area contributed by atoms with Gasteiger partial charge in [-0.05, 0) is 19.8 Å². The molecule has 0 fully saturated rings. The fourth-order valence-electron chi connectivity index (χ4n) is 2.33. The maximum atomic E-state index is 6.29. The van der Waals surface area contributed by atoms with Crippen molar-refractivity contribution >= 4 is 22.8 Å². The van der Waals surface area contributed by atoms with Crippen molar-refractivity contribution < 1.29 is 4.74 Å². The molecule has 0 spiro atoms. The number of nitrogens with zero attached hydrogens (tertiary/aromatic N) is 4. The van der Waals surface area contributed by atoms with Gasteiger partial charge in [-0.2, -0.15) is 4.98 Å². The average Bonchev–Trinajstić information content (AvgIpc) is 2.84. The molecule has 0 aliphatic heterocycles. The van der Waals surface area contributed by atoms with Crippen LogP contribution in [-0.2, 0) is 0 Å². The summed E-state index contributed by atoms with van der Waals surface area (Å²) >= 11 is 6.29. The Bertz CT molecular complexity index is 596. The molecule has 2 aromatic rings. The van der Waals surface area contributed by atoms with Gasteiger partial charge in [0.25, 0.3) is 0 Å². The van der Waals surface area contributed by atoms with Crippen LogP contribution in [0.4, 0.5) is 0 Å². The van der Waals surface area contributed by atoms with E-state index in [0.29, 0.717) is 17.3 Å². The van der Waals surface area contributed by atoms with E-state index in [1.807, 2.05) is 6.92 Å². The second-order valence-corrected chi connectivity index (χ2v) is 5.79. The molecule has 0 aliphatic rings. The van der Waals surface area contributed by atoms with Gasteiger partial charge < -0.3 is 9.30 Å². The highest BCUT2D eigenvalue weighted by Crippen LogP contribution is 2.33. The Morgan fingerprint density at radius 1 is 1.30 bits per heavy atom. The summed E-state index contributed by atoms with van der Waals surface area (Å²) in [5.74, 6) is 1.81. The predicted octanol–water partition coefficient (Wildman–Crippen LogP) is 3.74. The molecule has 6 heteroatoms. The van der Waals surface area contributed by atoms with Gasteiger partial charge in [0.2, 0.25) is 5.88 Å². The van der Waals surface area contributed by atoms with Crippen molar-refractivity contribution in [1.82, 2.24) is 19.5 Å². The summed E-state index contributed by atoms with van der Waals surface area (Å²) in [6.45, 7) is 8.49. The monoisotopic (exact) mass is 296 g/mol. The van der Waals surface area contributed by atoms with E-state index in [0.717, 1.165) is 17.9 Å². The molecule has 3 atom stereocenters. The molecule has 20 heavy (non-hydrogen) atoms. The van der Waals surface area contributed by atoms with Gasteiger partial charge in [0, 0.05) is 6.04 Å². The molecule has 110 valence electrons. The highest BCUT2D eigenvalue weighted by molar-refractivity contribution is 6.20. The maximum Gasteiger partial charge on any atom is 0.245 e. The summed E-state index contributed by atoms with van der Waals surface area (Å²) in [7, 11) is 1.59. The van der Waals surface area contributed by atoms with Gasteiger partial charge in [0.05, 0.1) is 12.5 Å². The summed E-state index contributed by atoms with van der Waals surface area (Å²) in [5.41, 5.74) is 1.46. The molecule has 0 aromatic carbocycles. The Kier molecular flexibility index (Phi) is 4.48. The first-order valence-corrected chi connectivity index (χ1v) is 7.35. The van der Waals surface area contributed by atoms with E-state index in [1.165, 1.54) is 6.33 Å². The molecule has 3 unspecified atom stereocenters. The van der Waals surface area contributed by atoms with Gasteiger partial charge in [0.1, 0.15) is 12.2 Å². The number of alkyl halides is 1. The molecule has 0 bridgehead atoms. The van der Waals surface area contributed by atoms with Crippen molar-refractivity contribution in [2.24, 2.45) is 5.92 Å². The van der Waals surface area contributed by atoms with Crippen LogP contribution in [0.5, 0.6) is 5.88 Å². The molecule has 0 radical (unpaired) electrons. The molecule has 2 aromatic heterocycles. The second kappa shape index (κ2) is 5.95. The lowest BCUT2D eigenvalue weighted by Crippen LogP contribution is -2.17. The Labute approximate surface area is 124 Å². The van der Waals surface area contributed by atoms with E-state index in [-0.39, 0.29) is 11.4 Å². The van der Waals surface area contributed by atoms with Crippen LogP contribution in [0.2, 0.25) is 0 Å². The number of rotatable bonds is 5. The normalized spacial score (nSPS) is 16.1. The molecule has 2 heterocycles. The third-order valence-electron chi connectivity index (χ3n) is 3.89. The van der Waals surface area contributed by atoms with Crippen molar-refractivity contribution in [3.05, 3.63) is 12.2 Å². The van der Waals surface area contributed by atoms with Crippen LogP contribution in [0.3, 0.4) is 0 Å². The first-order valence-electron chi connectivity index (χ1n) is 6.92. The minimum Gasteiger partial charge on any atom is -0.479 e. The number of hydrogen-bond donors (Lipinski definition) is 0. The smallest absolute Gasteiger partial charge is 0.245 e. The van der Waals surface area contributed by atoms with Crippen molar-refractivity contribution in [3.8, 4) is 5.88 Å². The second-order valence-electron chi connectivity index (χ2n) is 5.14. The Balaban J connectivity index is 2.69. The molecule has 5 nitrogen and oxygen atoms in total. The van der Waals surface area contributed by atoms with Crippen LogP contribution in [0.25, 0.3) is 11.2 Å². The van der Waals surface area contributed by atoms with Crippen LogP contribution in [-0.4, -0.2) is 26.6 Å². The van der Waals surface area contributed by atoms with E-state index < -0.39 is 0 Å². The van der Waals surface area contributed by atoms with Gasteiger partial charge >= 0.3 is 0 Å². The summed E-state index contributed by atoms with van der Waals surface area (Å²) < 4.78 is 7.39. The first-order chi connectivity index (χ1) is 9.51. The van der Waals surface area contributed by atoms with Gasteiger partial charge in [-0.3, -0.25) is 0 Å². The number of halogens is 1. The van der Waals surface area contributed by atoms with Gasteiger partial charge in [-0.15, -0.1) is 11.6 Å². The molecular weight excluding hydrogens is 276 g/mol. The predicted molar refractivity (Wildman–Crippen MR) is 80.3 cm³/mol. The van der Waals surface area contributed by atoms with Crippen LogP contribution < -0.4 is 4.74 Å². The van der Waals surface area contributed by atoms with Gasteiger partial charge in [-0.25, -0.2) is 9.97 Å². The van der Waals surface area contributed by atoms with Crippen LogP contribution in [0.15, 0.2) is 6.33 Å².